The summed E-state index contributed by atoms with van der Waals surface area (Å²) >= 11 is 0. The molecule has 0 aliphatic rings. The first-order valence-corrected chi connectivity index (χ1v) is 7.26. The molecule has 30 heavy (non-hydrogen) atoms. The predicted octanol–water partition coefficient (Wildman–Crippen LogP) is -6.40. The summed E-state index contributed by atoms with van der Waals surface area (Å²) < 4.78 is 8.48. The first kappa shape index (κ1) is 30.9. The summed E-state index contributed by atoms with van der Waals surface area (Å²) in [7, 11) is 0. The van der Waals surface area contributed by atoms with E-state index >= 15 is 0 Å². The Labute approximate surface area is 257 Å². The molecule has 2 rings (SSSR count). The van der Waals surface area contributed by atoms with Crippen LogP contribution in [0.1, 0.15) is 41.4 Å². The van der Waals surface area contributed by atoms with Crippen molar-refractivity contribution in [3.05, 3.63) is 70.8 Å². The monoisotopic (exact) mass is 456 g/mol. The predicted molar refractivity (Wildman–Crippen MR) is 90.0 cm³/mol. The third-order valence-corrected chi connectivity index (χ3v) is 2.97. The minimum Gasteiger partial charge on any atom is -0.545 e. The summed E-state index contributed by atoms with van der Waals surface area (Å²) in [6, 6.07) is 10.5. The summed E-state index contributed by atoms with van der Waals surface area (Å²) in [6.45, 7) is 0. The Balaban J connectivity index is 0. The van der Waals surface area contributed by atoms with Gasteiger partial charge in [0.1, 0.15) is 12.2 Å². The van der Waals surface area contributed by atoms with Crippen molar-refractivity contribution in [2.75, 3.05) is 0 Å². The number of carboxylic acids is 2. The summed E-state index contributed by atoms with van der Waals surface area (Å²) in [4.78, 5) is 42.9. The number of hydrogen-bond donors (Lipinski definition) is 0. The van der Waals surface area contributed by atoms with Crippen LogP contribution in [0.15, 0.2) is 48.5 Å². The third kappa shape index (κ3) is 10.7. The molecule has 0 saturated heterocycles. The van der Waals surface area contributed by atoms with E-state index in [9.17, 15) is 29.4 Å². The molecule has 2 aromatic carbocycles. The smallest absolute Gasteiger partial charge is 0.545 e. The van der Waals surface area contributed by atoms with Crippen molar-refractivity contribution in [1.29, 1.82) is 0 Å². The largest absolute Gasteiger partial charge is 1.00 e. The molecule has 0 bridgehead atoms. The van der Waals surface area contributed by atoms with E-state index in [0.717, 1.165) is 12.1 Å². The molecular formula is C20H10K2O8. The van der Waals surface area contributed by atoms with Crippen molar-refractivity contribution < 1.29 is 142 Å². The second kappa shape index (κ2) is 16.4. The van der Waals surface area contributed by atoms with Crippen LogP contribution in [0.25, 0.3) is 0 Å². The average molecular weight is 456 g/mol. The van der Waals surface area contributed by atoms with Crippen molar-refractivity contribution >= 4 is 23.9 Å². The van der Waals surface area contributed by atoms with Crippen LogP contribution in [0.5, 0.6) is 0 Å². The molecule has 140 valence electrons. The Morgan fingerprint density at radius 3 is 1.23 bits per heavy atom. The zero-order valence-electron chi connectivity index (χ0n) is 16.0. The van der Waals surface area contributed by atoms with Gasteiger partial charge in [-0.3, -0.25) is 0 Å². The molecule has 10 heteroatoms. The number of carboxylic acid groups (broad SMARTS) is 2. The van der Waals surface area contributed by atoms with Crippen LogP contribution in [-0.2, 0) is 9.47 Å². The van der Waals surface area contributed by atoms with Crippen molar-refractivity contribution in [2.24, 2.45) is 0 Å². The van der Waals surface area contributed by atoms with Gasteiger partial charge in [0.25, 0.3) is 0 Å². The van der Waals surface area contributed by atoms with E-state index in [2.05, 4.69) is 9.47 Å². The van der Waals surface area contributed by atoms with Gasteiger partial charge in [-0.05, 0) is 35.4 Å². The molecule has 8 nitrogen and oxygen atoms in total. The zero-order chi connectivity index (χ0) is 21.1. The Kier molecular flexibility index (Phi) is 16.9. The fourth-order valence-electron chi connectivity index (χ4n) is 1.77. The van der Waals surface area contributed by atoms with Gasteiger partial charge in [-0.25, -0.2) is 9.59 Å². The van der Waals surface area contributed by atoms with Crippen molar-refractivity contribution in [1.82, 2.24) is 0 Å². The van der Waals surface area contributed by atoms with Crippen LogP contribution in [0, 0.1) is 25.1 Å². The number of rotatable bonds is 4. The Morgan fingerprint density at radius 1 is 0.667 bits per heavy atom. The van der Waals surface area contributed by atoms with Crippen LogP contribution in [0.3, 0.4) is 0 Å². The van der Waals surface area contributed by atoms with Crippen molar-refractivity contribution in [3.8, 4) is 25.1 Å². The van der Waals surface area contributed by atoms with E-state index in [4.69, 9.17) is 12.8 Å². The van der Waals surface area contributed by atoms with Gasteiger partial charge in [-0.2, -0.15) is 0 Å². The second-order valence-electron chi connectivity index (χ2n) is 4.75. The number of benzene rings is 2. The molecule has 0 atom stereocenters. The van der Waals surface area contributed by atoms with Crippen LogP contribution in [0.4, 0.5) is 0 Å². The number of terminal acetylenes is 2. The van der Waals surface area contributed by atoms with Gasteiger partial charge in [-0.1, -0.05) is 37.1 Å². The van der Waals surface area contributed by atoms with Crippen LogP contribution in [-0.4, -0.2) is 23.9 Å². The minimum atomic E-state index is -1.36. The molecular weight excluding hydrogens is 446 g/mol. The molecule has 0 saturated carbocycles. The van der Waals surface area contributed by atoms with Gasteiger partial charge in [0, 0.05) is 0 Å². The average Bonchev–Trinajstić information content (AvgIpc) is 2.69. The maximum atomic E-state index is 11.0. The number of ether oxygens (including phenoxy) is 2. The van der Waals surface area contributed by atoms with E-state index in [1.807, 2.05) is 0 Å². The molecule has 0 unspecified atom stereocenters. The van der Waals surface area contributed by atoms with Crippen LogP contribution < -0.4 is 113 Å². The number of carbonyl (C=O) groups excluding carboxylic acids is 4. The Morgan fingerprint density at radius 2 is 0.967 bits per heavy atom. The normalized spacial score (nSPS) is 8.20. The zero-order valence-corrected chi connectivity index (χ0v) is 22.3. The van der Waals surface area contributed by atoms with Crippen molar-refractivity contribution in [3.63, 3.8) is 0 Å². The molecule has 0 radical (unpaired) electrons. The van der Waals surface area contributed by atoms with Gasteiger partial charge < -0.3 is 29.3 Å². The number of aromatic carboxylic acids is 2. The first-order valence-electron chi connectivity index (χ1n) is 7.26. The fourth-order valence-corrected chi connectivity index (χ4v) is 1.77. The summed E-state index contributed by atoms with van der Waals surface area (Å²) in [5.41, 5.74) is -0.0535. The van der Waals surface area contributed by atoms with Gasteiger partial charge in [0.2, 0.25) is 0 Å². The molecule has 0 heterocycles. The minimum absolute atomic E-state index is 0. The number of esters is 2. The molecule has 2 aromatic rings. The molecule has 0 aliphatic heterocycles. The SMILES string of the molecule is C#COC(=O)c1cccc(C(=O)[O-])c1.C#COC(=O)c1cccc(C(=O)[O-])c1.[K+].[K+]. The van der Waals surface area contributed by atoms with Gasteiger partial charge in [0.15, 0.2) is 0 Å². The molecule has 0 aromatic heterocycles. The molecule has 0 N–H and O–H groups in total. The fraction of sp³-hybridized carbons (Fsp3) is 0. The second-order valence-corrected chi connectivity index (χ2v) is 4.75. The van der Waals surface area contributed by atoms with E-state index in [1.54, 1.807) is 12.2 Å². The summed E-state index contributed by atoms with van der Waals surface area (Å²) in [6.07, 6.45) is 12.9. The Hall–Kier alpha value is -1.29. The third-order valence-electron chi connectivity index (χ3n) is 2.97. The Bertz CT molecular complexity index is 921. The molecule has 0 amide bonds. The summed E-state index contributed by atoms with van der Waals surface area (Å²) in [5, 5.41) is 20.9. The summed E-state index contributed by atoms with van der Waals surface area (Å²) in [5.74, 6) is -4.26. The van der Waals surface area contributed by atoms with Gasteiger partial charge in [-0.15, -0.1) is 0 Å². The first-order chi connectivity index (χ1) is 13.3. The number of carbonyl (C=O) groups is 4. The van der Waals surface area contributed by atoms with Crippen LogP contribution in [0.2, 0.25) is 0 Å². The maximum absolute atomic E-state index is 11.0. The van der Waals surface area contributed by atoms with Gasteiger partial charge >= 0.3 is 115 Å². The molecule has 0 aliphatic carbocycles. The van der Waals surface area contributed by atoms with Gasteiger partial charge in [0.05, 0.1) is 23.1 Å². The standard InChI is InChI=1S/2C10H6O4.2K/c2*1-2-14-10(13)8-5-3-4-7(6-8)9(11)12;;/h2*1,3-6H,(H,11,12);;/q;;2*+1/p-2. The van der Waals surface area contributed by atoms with E-state index in [0.29, 0.717) is 0 Å². The quantitative estimate of drug-likeness (QED) is 0.252. The van der Waals surface area contributed by atoms with E-state index < -0.39 is 23.9 Å². The van der Waals surface area contributed by atoms with E-state index in [1.165, 1.54) is 36.4 Å². The molecule has 0 spiro atoms. The molecule has 0 fully saturated rings. The van der Waals surface area contributed by atoms with Crippen molar-refractivity contribution in [2.45, 2.75) is 0 Å². The topological polar surface area (TPSA) is 133 Å². The van der Waals surface area contributed by atoms with E-state index in [-0.39, 0.29) is 125 Å². The van der Waals surface area contributed by atoms with Crippen LogP contribution >= 0.6 is 0 Å². The number of hydrogen-bond acceptors (Lipinski definition) is 8. The maximum Gasteiger partial charge on any atom is 1.00 e.